The molecule has 0 saturated carbocycles. The van der Waals surface area contributed by atoms with Crippen LogP contribution in [0.2, 0.25) is 0 Å². The van der Waals surface area contributed by atoms with Gasteiger partial charge in [-0.2, -0.15) is 0 Å². The van der Waals surface area contributed by atoms with E-state index in [0.717, 1.165) is 11.4 Å². The predicted octanol–water partition coefficient (Wildman–Crippen LogP) is 0.813. The zero-order valence-electron chi connectivity index (χ0n) is 12.1. The molecule has 1 aromatic carbocycles. The van der Waals surface area contributed by atoms with E-state index in [1.54, 1.807) is 19.4 Å². The van der Waals surface area contributed by atoms with Crippen LogP contribution in [0.3, 0.4) is 0 Å². The number of methoxy groups -OCH3 is 1. The van der Waals surface area contributed by atoms with E-state index in [-0.39, 0.29) is 5.84 Å². The molecule has 21 heavy (non-hydrogen) atoms. The molecule has 7 heteroatoms. The molecular formula is C14H19N5O2. The van der Waals surface area contributed by atoms with Gasteiger partial charge in [-0.1, -0.05) is 11.2 Å². The van der Waals surface area contributed by atoms with Crippen molar-refractivity contribution < 1.29 is 9.94 Å². The van der Waals surface area contributed by atoms with Crippen molar-refractivity contribution in [1.82, 2.24) is 14.9 Å². The molecule has 2 rings (SSSR count). The smallest absolute Gasteiger partial charge is 0.173 e. The van der Waals surface area contributed by atoms with Gasteiger partial charge in [-0.3, -0.25) is 0 Å². The predicted molar refractivity (Wildman–Crippen MR) is 79.3 cm³/mol. The van der Waals surface area contributed by atoms with Crippen LogP contribution >= 0.6 is 0 Å². The van der Waals surface area contributed by atoms with Crippen LogP contribution in [0.1, 0.15) is 17.0 Å². The van der Waals surface area contributed by atoms with Gasteiger partial charge in [0.15, 0.2) is 5.84 Å². The third-order valence-corrected chi connectivity index (χ3v) is 3.18. The summed E-state index contributed by atoms with van der Waals surface area (Å²) in [4.78, 5) is 4.24. The van der Waals surface area contributed by atoms with E-state index in [0.29, 0.717) is 24.4 Å². The van der Waals surface area contributed by atoms with E-state index in [2.05, 4.69) is 15.5 Å². The Balaban J connectivity index is 2.02. The summed E-state index contributed by atoms with van der Waals surface area (Å²) in [6, 6.07) is 5.53. The highest BCUT2D eigenvalue weighted by molar-refractivity contribution is 5.99. The number of rotatable bonds is 6. The first kappa shape index (κ1) is 14.9. The molecule has 0 spiro atoms. The number of nitrogens with two attached hydrogens (primary N) is 1. The number of ether oxygens (including phenoxy) is 1. The maximum atomic E-state index is 8.74. The number of amidine groups is 1. The molecule has 0 saturated heterocycles. The molecular weight excluding hydrogens is 270 g/mol. The number of hydrogen-bond acceptors (Lipinski definition) is 5. The fraction of sp³-hybridized carbons (Fsp3) is 0.286. The lowest BCUT2D eigenvalue weighted by Crippen LogP contribution is -2.17. The SMILES string of the molecule is COc1cc(CNCc2nccn2C)ccc1/C(N)=N/O. The second kappa shape index (κ2) is 6.76. The molecule has 0 aliphatic carbocycles. The van der Waals surface area contributed by atoms with E-state index < -0.39 is 0 Å². The van der Waals surface area contributed by atoms with Gasteiger partial charge in [0, 0.05) is 26.0 Å². The van der Waals surface area contributed by atoms with E-state index in [1.807, 2.05) is 29.9 Å². The minimum atomic E-state index is 0.0272. The summed E-state index contributed by atoms with van der Waals surface area (Å²) in [6.45, 7) is 1.34. The molecule has 4 N–H and O–H groups in total. The van der Waals surface area contributed by atoms with Crippen molar-refractivity contribution in [2.75, 3.05) is 7.11 Å². The molecule has 7 nitrogen and oxygen atoms in total. The quantitative estimate of drug-likeness (QED) is 0.316. The first-order chi connectivity index (χ1) is 10.2. The minimum Gasteiger partial charge on any atom is -0.496 e. The summed E-state index contributed by atoms with van der Waals surface area (Å²) in [6.07, 6.45) is 3.68. The molecule has 112 valence electrons. The van der Waals surface area contributed by atoms with E-state index in [9.17, 15) is 0 Å². The topological polar surface area (TPSA) is 97.7 Å². The average Bonchev–Trinajstić information content (AvgIpc) is 2.91. The summed E-state index contributed by atoms with van der Waals surface area (Å²) >= 11 is 0. The van der Waals surface area contributed by atoms with Gasteiger partial charge in [0.25, 0.3) is 0 Å². The Morgan fingerprint density at radius 3 is 2.90 bits per heavy atom. The standard InChI is InChI=1S/C14H19N5O2/c1-19-6-5-17-13(19)9-16-8-10-3-4-11(14(15)18-20)12(7-10)21-2/h3-7,16,20H,8-9H2,1-2H3,(H2,15,18). The van der Waals surface area contributed by atoms with Gasteiger partial charge in [-0.05, 0) is 17.7 Å². The van der Waals surface area contributed by atoms with Gasteiger partial charge in [-0.15, -0.1) is 0 Å². The first-order valence-electron chi connectivity index (χ1n) is 6.47. The molecule has 0 aliphatic rings. The summed E-state index contributed by atoms with van der Waals surface area (Å²) in [5, 5.41) is 15.0. The van der Waals surface area contributed by atoms with Crippen molar-refractivity contribution >= 4 is 5.84 Å². The van der Waals surface area contributed by atoms with Crippen LogP contribution in [0.25, 0.3) is 0 Å². The van der Waals surface area contributed by atoms with Crippen LogP contribution in [0.4, 0.5) is 0 Å². The largest absolute Gasteiger partial charge is 0.496 e. The van der Waals surface area contributed by atoms with Gasteiger partial charge in [-0.25, -0.2) is 4.98 Å². The lowest BCUT2D eigenvalue weighted by Gasteiger charge is -2.10. The van der Waals surface area contributed by atoms with Crippen LogP contribution in [0, 0.1) is 0 Å². The van der Waals surface area contributed by atoms with Crippen LogP contribution in [0.15, 0.2) is 35.7 Å². The second-order valence-corrected chi connectivity index (χ2v) is 4.58. The number of oxime groups is 1. The summed E-state index contributed by atoms with van der Waals surface area (Å²) in [5.74, 6) is 1.57. The van der Waals surface area contributed by atoms with Crippen LogP contribution < -0.4 is 15.8 Å². The molecule has 1 heterocycles. The number of nitrogens with one attached hydrogen (secondary N) is 1. The fourth-order valence-electron chi connectivity index (χ4n) is 2.00. The highest BCUT2D eigenvalue weighted by Gasteiger charge is 2.08. The van der Waals surface area contributed by atoms with Gasteiger partial charge in [0.2, 0.25) is 0 Å². The van der Waals surface area contributed by atoms with Gasteiger partial charge in [0.1, 0.15) is 11.6 Å². The third-order valence-electron chi connectivity index (χ3n) is 3.18. The Labute approximate surface area is 123 Å². The van der Waals surface area contributed by atoms with Crippen LogP contribution in [-0.4, -0.2) is 27.7 Å². The number of aromatic nitrogens is 2. The molecule has 2 aromatic rings. The highest BCUT2D eigenvalue weighted by Crippen LogP contribution is 2.20. The fourth-order valence-corrected chi connectivity index (χ4v) is 2.00. The first-order valence-corrected chi connectivity index (χ1v) is 6.47. The summed E-state index contributed by atoms with van der Waals surface area (Å²) in [7, 11) is 3.51. The molecule has 0 amide bonds. The summed E-state index contributed by atoms with van der Waals surface area (Å²) < 4.78 is 7.23. The Kier molecular flexibility index (Phi) is 4.78. The van der Waals surface area contributed by atoms with Crippen molar-refractivity contribution in [3.63, 3.8) is 0 Å². The number of imidazole rings is 1. The summed E-state index contributed by atoms with van der Waals surface area (Å²) in [5.41, 5.74) is 7.20. The normalized spacial score (nSPS) is 11.6. The van der Waals surface area contributed by atoms with E-state index in [1.165, 1.54) is 0 Å². The lowest BCUT2D eigenvalue weighted by atomic mass is 10.1. The molecule has 0 radical (unpaired) electrons. The molecule has 0 atom stereocenters. The maximum absolute atomic E-state index is 8.74. The number of nitrogens with zero attached hydrogens (tertiary/aromatic N) is 3. The second-order valence-electron chi connectivity index (χ2n) is 4.58. The Hall–Kier alpha value is -2.54. The average molecular weight is 289 g/mol. The number of aryl methyl sites for hydroxylation is 1. The molecule has 0 unspecified atom stereocenters. The van der Waals surface area contributed by atoms with Gasteiger partial charge in [0.05, 0.1) is 19.2 Å². The molecule has 0 fully saturated rings. The molecule has 1 aromatic heterocycles. The Morgan fingerprint density at radius 1 is 1.48 bits per heavy atom. The lowest BCUT2D eigenvalue weighted by molar-refractivity contribution is 0.318. The minimum absolute atomic E-state index is 0.0272. The van der Waals surface area contributed by atoms with Crippen LogP contribution in [-0.2, 0) is 20.1 Å². The van der Waals surface area contributed by atoms with E-state index in [4.69, 9.17) is 15.7 Å². The number of hydrogen-bond donors (Lipinski definition) is 3. The number of benzene rings is 1. The molecule has 0 aliphatic heterocycles. The third kappa shape index (κ3) is 3.51. The Morgan fingerprint density at radius 2 is 2.29 bits per heavy atom. The van der Waals surface area contributed by atoms with Crippen molar-refractivity contribution in [2.45, 2.75) is 13.1 Å². The van der Waals surface area contributed by atoms with Gasteiger partial charge < -0.3 is 25.6 Å². The van der Waals surface area contributed by atoms with Crippen molar-refractivity contribution in [2.24, 2.45) is 17.9 Å². The van der Waals surface area contributed by atoms with Crippen molar-refractivity contribution in [1.29, 1.82) is 0 Å². The zero-order chi connectivity index (χ0) is 15.2. The van der Waals surface area contributed by atoms with E-state index >= 15 is 0 Å². The van der Waals surface area contributed by atoms with Crippen molar-refractivity contribution in [3.8, 4) is 5.75 Å². The Bertz CT molecular complexity index is 636. The molecule has 0 bridgehead atoms. The monoisotopic (exact) mass is 289 g/mol. The van der Waals surface area contributed by atoms with Gasteiger partial charge >= 0.3 is 0 Å². The van der Waals surface area contributed by atoms with Crippen LogP contribution in [0.5, 0.6) is 5.75 Å². The van der Waals surface area contributed by atoms with Crippen molar-refractivity contribution in [3.05, 3.63) is 47.5 Å². The maximum Gasteiger partial charge on any atom is 0.173 e. The zero-order valence-corrected chi connectivity index (χ0v) is 12.1. The highest BCUT2D eigenvalue weighted by atomic mass is 16.5.